The molecule has 1 N–H and O–H groups in total. The Morgan fingerprint density at radius 3 is 2.64 bits per heavy atom. The van der Waals surface area contributed by atoms with Crippen molar-refractivity contribution in [3.8, 4) is 0 Å². The van der Waals surface area contributed by atoms with E-state index in [9.17, 15) is 4.79 Å². The normalized spacial score (nSPS) is 24.9. The summed E-state index contributed by atoms with van der Waals surface area (Å²) in [5.41, 5.74) is 5.16. The van der Waals surface area contributed by atoms with Crippen LogP contribution in [0.15, 0.2) is 42.5 Å². The molecule has 1 amide bonds. The lowest BCUT2D eigenvalue weighted by Gasteiger charge is -2.41. The van der Waals surface area contributed by atoms with Gasteiger partial charge in [-0.1, -0.05) is 41.9 Å². The number of hydrogen-bond donors (Lipinski definition) is 1. The van der Waals surface area contributed by atoms with Crippen LogP contribution in [0.2, 0.25) is 5.02 Å². The maximum Gasteiger partial charge on any atom is 0.244 e. The molecule has 1 fully saturated rings. The number of amides is 1. The highest BCUT2D eigenvalue weighted by Gasteiger charge is 2.40. The number of anilines is 1. The Kier molecular flexibility index (Phi) is 4.87. The highest BCUT2D eigenvalue weighted by Crippen LogP contribution is 2.37. The summed E-state index contributed by atoms with van der Waals surface area (Å²) in [6.07, 6.45) is 3.81. The van der Waals surface area contributed by atoms with Gasteiger partial charge in [-0.05, 0) is 54.5 Å². The van der Waals surface area contributed by atoms with Crippen LogP contribution in [0.1, 0.15) is 23.1 Å². The lowest BCUT2D eigenvalue weighted by atomic mass is 9.97. The summed E-state index contributed by atoms with van der Waals surface area (Å²) in [5.74, 6) is 0.298. The molecule has 0 spiro atoms. The van der Waals surface area contributed by atoms with E-state index in [1.807, 2.05) is 12.1 Å². The molecule has 4 nitrogen and oxygen atoms in total. The number of aryl methyl sites for hydroxylation is 1. The Morgan fingerprint density at radius 2 is 1.82 bits per heavy atom. The summed E-state index contributed by atoms with van der Waals surface area (Å²) in [5, 5.41) is 4.29. The number of carbonyl (C=O) groups is 1. The van der Waals surface area contributed by atoms with Gasteiger partial charge in [-0.15, -0.1) is 0 Å². The highest BCUT2D eigenvalue weighted by atomic mass is 35.5. The minimum atomic E-state index is -0.0299. The van der Waals surface area contributed by atoms with E-state index in [0.29, 0.717) is 11.9 Å². The molecule has 0 bridgehead atoms. The van der Waals surface area contributed by atoms with Crippen LogP contribution in [-0.4, -0.2) is 49.1 Å². The van der Waals surface area contributed by atoms with E-state index >= 15 is 0 Å². The zero-order valence-corrected chi connectivity index (χ0v) is 16.8. The lowest BCUT2D eigenvalue weighted by Crippen LogP contribution is -2.59. The maximum absolute atomic E-state index is 13.6. The van der Waals surface area contributed by atoms with Gasteiger partial charge in [-0.3, -0.25) is 9.69 Å². The van der Waals surface area contributed by atoms with Gasteiger partial charge in [0.1, 0.15) is 0 Å². The molecular weight excluding hydrogens is 370 g/mol. The average molecular weight is 396 g/mol. The third-order valence-corrected chi connectivity index (χ3v) is 6.75. The SMILES string of the molecule is O=C1C(N2CCNCC2Cc2ccc(Cl)cc2)CCc2cccc3c2N1CC3. The number of benzene rings is 2. The van der Waals surface area contributed by atoms with Crippen LogP contribution < -0.4 is 10.2 Å². The van der Waals surface area contributed by atoms with Crippen LogP contribution in [0, 0.1) is 0 Å². The largest absolute Gasteiger partial charge is 0.314 e. The monoisotopic (exact) mass is 395 g/mol. The Bertz CT molecular complexity index is 882. The molecule has 2 aromatic carbocycles. The van der Waals surface area contributed by atoms with Crippen molar-refractivity contribution in [2.45, 2.75) is 37.8 Å². The number of hydrogen-bond acceptors (Lipinski definition) is 3. The standard InChI is InChI=1S/C23H26ClN3O/c24-19-7-4-16(5-8-19)14-20-15-25-11-13-26(20)21-9-6-17-2-1-3-18-10-12-27(22(17)18)23(21)28/h1-5,7-8,20-21,25H,6,9-15H2. The molecule has 5 heteroatoms. The van der Waals surface area contributed by atoms with Gasteiger partial charge in [0.15, 0.2) is 0 Å². The quantitative estimate of drug-likeness (QED) is 0.867. The van der Waals surface area contributed by atoms with Gasteiger partial charge in [0.05, 0.1) is 11.7 Å². The van der Waals surface area contributed by atoms with Crippen molar-refractivity contribution in [3.05, 3.63) is 64.2 Å². The Balaban J connectivity index is 1.41. The molecule has 1 saturated heterocycles. The predicted octanol–water partition coefficient (Wildman–Crippen LogP) is 3.06. The molecule has 0 aliphatic carbocycles. The second-order valence-electron chi connectivity index (χ2n) is 8.15. The van der Waals surface area contributed by atoms with Crippen LogP contribution in [0.5, 0.6) is 0 Å². The van der Waals surface area contributed by atoms with Crippen molar-refractivity contribution in [3.63, 3.8) is 0 Å². The van der Waals surface area contributed by atoms with E-state index in [2.05, 4.69) is 45.4 Å². The minimum Gasteiger partial charge on any atom is -0.314 e. The summed E-state index contributed by atoms with van der Waals surface area (Å²) in [7, 11) is 0. The first-order chi connectivity index (χ1) is 13.7. The Hall–Kier alpha value is -1.88. The van der Waals surface area contributed by atoms with E-state index in [0.717, 1.165) is 56.9 Å². The van der Waals surface area contributed by atoms with Crippen LogP contribution >= 0.6 is 11.6 Å². The maximum atomic E-state index is 13.6. The van der Waals surface area contributed by atoms with Crippen molar-refractivity contribution in [2.75, 3.05) is 31.1 Å². The molecule has 146 valence electrons. The average Bonchev–Trinajstić information content (AvgIpc) is 3.09. The van der Waals surface area contributed by atoms with Crippen molar-refractivity contribution in [1.29, 1.82) is 0 Å². The molecule has 3 aliphatic rings. The smallest absolute Gasteiger partial charge is 0.244 e. The molecule has 0 saturated carbocycles. The van der Waals surface area contributed by atoms with Crippen molar-refractivity contribution in [2.24, 2.45) is 0 Å². The van der Waals surface area contributed by atoms with Gasteiger partial charge in [-0.25, -0.2) is 0 Å². The van der Waals surface area contributed by atoms with Crippen LogP contribution in [0.4, 0.5) is 5.69 Å². The van der Waals surface area contributed by atoms with E-state index < -0.39 is 0 Å². The molecule has 2 aromatic rings. The van der Waals surface area contributed by atoms with Crippen molar-refractivity contribution in [1.82, 2.24) is 10.2 Å². The summed E-state index contributed by atoms with van der Waals surface area (Å²) in [6.45, 7) is 3.62. The number of carbonyl (C=O) groups excluding carboxylic acids is 1. The first kappa shape index (κ1) is 18.2. The van der Waals surface area contributed by atoms with Gasteiger partial charge >= 0.3 is 0 Å². The first-order valence-corrected chi connectivity index (χ1v) is 10.7. The van der Waals surface area contributed by atoms with E-state index in [4.69, 9.17) is 11.6 Å². The molecule has 0 aromatic heterocycles. The molecule has 2 unspecified atom stereocenters. The number of nitrogens with one attached hydrogen (secondary N) is 1. The Morgan fingerprint density at radius 1 is 1.04 bits per heavy atom. The fourth-order valence-corrected chi connectivity index (χ4v) is 5.26. The molecule has 28 heavy (non-hydrogen) atoms. The number of piperazine rings is 1. The molecule has 5 rings (SSSR count). The third-order valence-electron chi connectivity index (χ3n) is 6.50. The number of rotatable bonds is 3. The van der Waals surface area contributed by atoms with E-state index in [1.165, 1.54) is 22.4 Å². The third kappa shape index (κ3) is 3.24. The van der Waals surface area contributed by atoms with Gasteiger partial charge in [0, 0.05) is 37.2 Å². The van der Waals surface area contributed by atoms with Gasteiger partial charge < -0.3 is 10.2 Å². The number of para-hydroxylation sites is 1. The van der Waals surface area contributed by atoms with Gasteiger partial charge in [0.25, 0.3) is 0 Å². The highest BCUT2D eigenvalue weighted by molar-refractivity contribution is 6.30. The number of nitrogens with zero attached hydrogens (tertiary/aromatic N) is 2. The fourth-order valence-electron chi connectivity index (χ4n) is 5.13. The van der Waals surface area contributed by atoms with Crippen LogP contribution in [0.25, 0.3) is 0 Å². The summed E-state index contributed by atoms with van der Waals surface area (Å²) in [6, 6.07) is 14.9. The molecular formula is C23H26ClN3O. The molecule has 3 heterocycles. The first-order valence-electron chi connectivity index (χ1n) is 10.3. The van der Waals surface area contributed by atoms with Gasteiger partial charge in [-0.2, -0.15) is 0 Å². The molecule has 3 aliphatic heterocycles. The van der Waals surface area contributed by atoms with Crippen LogP contribution in [0.3, 0.4) is 0 Å². The predicted molar refractivity (Wildman–Crippen MR) is 113 cm³/mol. The molecule has 2 atom stereocenters. The zero-order chi connectivity index (χ0) is 19.1. The topological polar surface area (TPSA) is 35.6 Å². The Labute approximate surface area is 171 Å². The summed E-state index contributed by atoms with van der Waals surface area (Å²) in [4.78, 5) is 18.1. The summed E-state index contributed by atoms with van der Waals surface area (Å²) >= 11 is 6.05. The molecule has 0 radical (unpaired) electrons. The van der Waals surface area contributed by atoms with E-state index in [1.54, 1.807) is 0 Å². The lowest BCUT2D eigenvalue weighted by molar-refractivity contribution is -0.125. The van der Waals surface area contributed by atoms with Crippen molar-refractivity contribution < 1.29 is 4.79 Å². The fraction of sp³-hybridized carbons (Fsp3) is 0.435. The second-order valence-corrected chi connectivity index (χ2v) is 8.58. The van der Waals surface area contributed by atoms with Gasteiger partial charge in [0.2, 0.25) is 5.91 Å². The number of halogens is 1. The second kappa shape index (κ2) is 7.51. The zero-order valence-electron chi connectivity index (χ0n) is 16.0. The van der Waals surface area contributed by atoms with E-state index in [-0.39, 0.29) is 6.04 Å². The van der Waals surface area contributed by atoms with Crippen molar-refractivity contribution >= 4 is 23.2 Å². The minimum absolute atomic E-state index is 0.0299. The van der Waals surface area contributed by atoms with Crippen LogP contribution in [-0.2, 0) is 24.1 Å². The summed E-state index contributed by atoms with van der Waals surface area (Å²) < 4.78 is 0.